The van der Waals surface area contributed by atoms with Crippen molar-refractivity contribution in [3.63, 3.8) is 0 Å². The molecule has 0 atom stereocenters. The van der Waals surface area contributed by atoms with Crippen LogP contribution < -0.4 is 4.74 Å². The van der Waals surface area contributed by atoms with E-state index >= 15 is 0 Å². The van der Waals surface area contributed by atoms with Crippen molar-refractivity contribution >= 4 is 17.5 Å². The van der Waals surface area contributed by atoms with Crippen LogP contribution in [0.3, 0.4) is 0 Å². The van der Waals surface area contributed by atoms with E-state index in [0.717, 1.165) is 54.6 Å². The second-order valence-corrected chi connectivity index (χ2v) is 7.66. The Bertz CT molecular complexity index is 797. The normalized spacial score (nSPS) is 15.0. The van der Waals surface area contributed by atoms with E-state index in [-0.39, 0.29) is 12.5 Å². The third-order valence-electron chi connectivity index (χ3n) is 5.26. The molecule has 0 spiro atoms. The Kier molecular flexibility index (Phi) is 6.40. The third-order valence-corrected chi connectivity index (χ3v) is 5.51. The zero-order valence-corrected chi connectivity index (χ0v) is 17.1. The van der Waals surface area contributed by atoms with E-state index in [1.165, 1.54) is 11.1 Å². The summed E-state index contributed by atoms with van der Waals surface area (Å²) < 4.78 is 5.88. The van der Waals surface area contributed by atoms with E-state index in [4.69, 9.17) is 16.3 Å². The molecule has 0 radical (unpaired) electrons. The lowest BCUT2D eigenvalue weighted by atomic mass is 10.1. The van der Waals surface area contributed by atoms with Crippen LogP contribution in [0.1, 0.15) is 22.3 Å². The van der Waals surface area contributed by atoms with Gasteiger partial charge in [-0.25, -0.2) is 0 Å². The number of carbonyl (C=O) groups excluding carboxylic acids is 1. The van der Waals surface area contributed by atoms with Crippen LogP contribution in [0.5, 0.6) is 5.75 Å². The van der Waals surface area contributed by atoms with Gasteiger partial charge in [-0.05, 0) is 55.2 Å². The molecule has 1 fully saturated rings. The van der Waals surface area contributed by atoms with E-state index in [2.05, 4.69) is 30.0 Å². The van der Waals surface area contributed by atoms with Gasteiger partial charge in [0.15, 0.2) is 6.61 Å². The summed E-state index contributed by atoms with van der Waals surface area (Å²) in [5, 5.41) is 0.758. The molecule has 5 heteroatoms. The van der Waals surface area contributed by atoms with E-state index < -0.39 is 0 Å². The highest BCUT2D eigenvalue weighted by molar-refractivity contribution is 6.30. The molecule has 2 aromatic carbocycles. The van der Waals surface area contributed by atoms with Gasteiger partial charge in [-0.15, -0.1) is 0 Å². The van der Waals surface area contributed by atoms with Crippen molar-refractivity contribution in [1.82, 2.24) is 9.80 Å². The van der Waals surface area contributed by atoms with Crippen molar-refractivity contribution in [1.29, 1.82) is 0 Å². The van der Waals surface area contributed by atoms with Crippen molar-refractivity contribution in [2.45, 2.75) is 27.3 Å². The monoisotopic (exact) mass is 386 g/mol. The Balaban J connectivity index is 1.49. The van der Waals surface area contributed by atoms with Gasteiger partial charge >= 0.3 is 0 Å². The fourth-order valence-corrected chi connectivity index (χ4v) is 3.50. The first-order valence-electron chi connectivity index (χ1n) is 9.38. The molecular weight excluding hydrogens is 360 g/mol. The van der Waals surface area contributed by atoms with Crippen LogP contribution in [-0.4, -0.2) is 48.5 Å². The number of nitrogens with zero attached hydrogens (tertiary/aromatic N) is 2. The molecule has 0 saturated carbocycles. The van der Waals surface area contributed by atoms with Gasteiger partial charge < -0.3 is 9.64 Å². The standard InChI is InChI=1S/C22H27ClN2O2/c1-16-4-5-17(2)22(18(16)3)27-15-21(26)25-12-10-24(11-13-25)14-19-6-8-20(23)9-7-19/h4-9H,10-15H2,1-3H3. The molecule has 0 aromatic heterocycles. The second kappa shape index (κ2) is 8.77. The molecule has 1 aliphatic heterocycles. The first-order valence-corrected chi connectivity index (χ1v) is 9.76. The zero-order chi connectivity index (χ0) is 19.4. The van der Waals surface area contributed by atoms with Crippen molar-refractivity contribution in [3.8, 4) is 5.75 Å². The average Bonchev–Trinajstić information content (AvgIpc) is 2.67. The SMILES string of the molecule is Cc1ccc(C)c(OCC(=O)N2CCN(Cc3ccc(Cl)cc3)CC2)c1C. The quantitative estimate of drug-likeness (QED) is 0.778. The number of amides is 1. The van der Waals surface area contributed by atoms with Crippen molar-refractivity contribution in [3.05, 3.63) is 63.7 Å². The van der Waals surface area contributed by atoms with Gasteiger partial charge in [0.25, 0.3) is 5.91 Å². The topological polar surface area (TPSA) is 32.8 Å². The van der Waals surface area contributed by atoms with Gasteiger partial charge in [-0.1, -0.05) is 35.9 Å². The second-order valence-electron chi connectivity index (χ2n) is 7.23. The van der Waals surface area contributed by atoms with Gasteiger partial charge in [0.1, 0.15) is 5.75 Å². The summed E-state index contributed by atoms with van der Waals surface area (Å²) in [4.78, 5) is 16.8. The highest BCUT2D eigenvalue weighted by Crippen LogP contribution is 2.25. The molecule has 1 saturated heterocycles. The van der Waals surface area contributed by atoms with Gasteiger partial charge in [-0.3, -0.25) is 9.69 Å². The summed E-state index contributed by atoms with van der Waals surface area (Å²) in [5.41, 5.74) is 4.60. The van der Waals surface area contributed by atoms with E-state index in [1.807, 2.05) is 36.9 Å². The molecule has 0 bridgehead atoms. The number of hydrogen-bond acceptors (Lipinski definition) is 3. The summed E-state index contributed by atoms with van der Waals surface area (Å²) in [7, 11) is 0. The molecule has 27 heavy (non-hydrogen) atoms. The van der Waals surface area contributed by atoms with Gasteiger partial charge in [0.2, 0.25) is 0 Å². The lowest BCUT2D eigenvalue weighted by molar-refractivity contribution is -0.135. The maximum Gasteiger partial charge on any atom is 0.260 e. The maximum atomic E-state index is 12.5. The number of halogens is 1. The molecule has 2 aromatic rings. The minimum Gasteiger partial charge on any atom is -0.483 e. The van der Waals surface area contributed by atoms with Crippen LogP contribution in [-0.2, 0) is 11.3 Å². The molecule has 1 amide bonds. The predicted molar refractivity (Wildman–Crippen MR) is 109 cm³/mol. The predicted octanol–water partition coefficient (Wildman–Crippen LogP) is 3.99. The summed E-state index contributed by atoms with van der Waals surface area (Å²) >= 11 is 5.94. The molecule has 144 valence electrons. The van der Waals surface area contributed by atoms with Crippen molar-refractivity contribution in [2.24, 2.45) is 0 Å². The highest BCUT2D eigenvalue weighted by Gasteiger charge is 2.22. The Morgan fingerprint density at radius 1 is 0.963 bits per heavy atom. The molecule has 1 aliphatic rings. The number of rotatable bonds is 5. The highest BCUT2D eigenvalue weighted by atomic mass is 35.5. The molecule has 0 aliphatic carbocycles. The molecule has 1 heterocycles. The number of aryl methyl sites for hydroxylation is 2. The van der Waals surface area contributed by atoms with E-state index in [0.29, 0.717) is 0 Å². The number of piperazine rings is 1. The third kappa shape index (κ3) is 5.02. The Hall–Kier alpha value is -2.04. The van der Waals surface area contributed by atoms with Crippen LogP contribution in [0, 0.1) is 20.8 Å². The molecular formula is C22H27ClN2O2. The van der Waals surface area contributed by atoms with Crippen LogP contribution in [0.2, 0.25) is 5.02 Å². The smallest absolute Gasteiger partial charge is 0.260 e. The first kappa shape index (κ1) is 19.7. The molecule has 3 rings (SSSR count). The maximum absolute atomic E-state index is 12.5. The average molecular weight is 387 g/mol. The van der Waals surface area contributed by atoms with Crippen molar-refractivity contribution in [2.75, 3.05) is 32.8 Å². The van der Waals surface area contributed by atoms with E-state index in [1.54, 1.807) is 0 Å². The largest absolute Gasteiger partial charge is 0.483 e. The van der Waals surface area contributed by atoms with Crippen molar-refractivity contribution < 1.29 is 9.53 Å². The Labute approximate surface area is 166 Å². The van der Waals surface area contributed by atoms with E-state index in [9.17, 15) is 4.79 Å². The van der Waals surface area contributed by atoms with Gasteiger partial charge in [-0.2, -0.15) is 0 Å². The van der Waals surface area contributed by atoms with Crippen LogP contribution in [0.15, 0.2) is 36.4 Å². The number of hydrogen-bond donors (Lipinski definition) is 0. The minimum atomic E-state index is 0.0569. The first-order chi connectivity index (χ1) is 12.9. The van der Waals surface area contributed by atoms with Gasteiger partial charge in [0.05, 0.1) is 0 Å². The lowest BCUT2D eigenvalue weighted by Gasteiger charge is -2.34. The number of carbonyl (C=O) groups is 1. The zero-order valence-electron chi connectivity index (χ0n) is 16.3. The van der Waals surface area contributed by atoms with Gasteiger partial charge in [0, 0.05) is 37.7 Å². The summed E-state index contributed by atoms with van der Waals surface area (Å²) in [6.45, 7) is 10.3. The molecule has 0 N–H and O–H groups in total. The lowest BCUT2D eigenvalue weighted by Crippen LogP contribution is -2.49. The number of benzene rings is 2. The summed E-state index contributed by atoms with van der Waals surface area (Å²) in [6.07, 6.45) is 0. The molecule has 4 nitrogen and oxygen atoms in total. The summed E-state index contributed by atoms with van der Waals surface area (Å²) in [6, 6.07) is 12.1. The fourth-order valence-electron chi connectivity index (χ4n) is 3.38. The van der Waals surface area contributed by atoms with Crippen LogP contribution in [0.4, 0.5) is 0 Å². The Morgan fingerprint density at radius 3 is 2.26 bits per heavy atom. The minimum absolute atomic E-state index is 0.0569. The van der Waals surface area contributed by atoms with Crippen LogP contribution in [0.25, 0.3) is 0 Å². The molecule has 0 unspecified atom stereocenters. The Morgan fingerprint density at radius 2 is 1.59 bits per heavy atom. The number of ether oxygens (including phenoxy) is 1. The fraction of sp³-hybridized carbons (Fsp3) is 0.409. The summed E-state index contributed by atoms with van der Waals surface area (Å²) in [5.74, 6) is 0.895. The van der Waals surface area contributed by atoms with Crippen LogP contribution >= 0.6 is 11.6 Å².